The molecule has 2 aromatic carbocycles. The quantitative estimate of drug-likeness (QED) is 0.700. The van der Waals surface area contributed by atoms with Crippen molar-refractivity contribution in [2.24, 2.45) is 5.14 Å². The lowest BCUT2D eigenvalue weighted by Gasteiger charge is -2.17. The molecular formula is C18H23N2O4S. The number of primary sulfonamides is 1. The number of nitrogens with one attached hydrogen (secondary N) is 1. The SMILES string of the molecule is [CH2]c1cc(NCCCC)c(Oc2ccc(OC)cc2)c(S(N)(=O)=O)c1. The van der Waals surface area contributed by atoms with Crippen molar-refractivity contribution in [1.82, 2.24) is 0 Å². The fraction of sp³-hybridized carbons (Fsp3) is 0.278. The minimum atomic E-state index is -3.97. The number of nitrogens with two attached hydrogens (primary N) is 1. The normalized spacial score (nSPS) is 11.2. The van der Waals surface area contributed by atoms with Crippen LogP contribution in [0.25, 0.3) is 0 Å². The van der Waals surface area contributed by atoms with E-state index in [0.29, 0.717) is 29.3 Å². The molecule has 2 rings (SSSR count). The first-order valence-corrected chi connectivity index (χ1v) is 9.48. The molecule has 135 valence electrons. The number of ether oxygens (including phenoxy) is 2. The molecule has 0 aliphatic heterocycles. The molecule has 0 bridgehead atoms. The van der Waals surface area contributed by atoms with Crippen molar-refractivity contribution < 1.29 is 17.9 Å². The van der Waals surface area contributed by atoms with Gasteiger partial charge < -0.3 is 14.8 Å². The van der Waals surface area contributed by atoms with E-state index in [1.165, 1.54) is 6.07 Å². The number of unbranched alkanes of at least 4 members (excludes halogenated alkanes) is 1. The Bertz CT molecular complexity index is 818. The molecule has 0 fully saturated rings. The summed E-state index contributed by atoms with van der Waals surface area (Å²) in [5, 5.41) is 8.57. The van der Waals surface area contributed by atoms with Gasteiger partial charge in [-0.1, -0.05) is 13.3 Å². The first kappa shape index (κ1) is 19.1. The van der Waals surface area contributed by atoms with Crippen LogP contribution in [0.15, 0.2) is 41.3 Å². The van der Waals surface area contributed by atoms with E-state index in [4.69, 9.17) is 14.6 Å². The third kappa shape index (κ3) is 5.11. The number of hydrogen-bond acceptors (Lipinski definition) is 5. The van der Waals surface area contributed by atoms with E-state index in [2.05, 4.69) is 19.2 Å². The first-order valence-electron chi connectivity index (χ1n) is 7.93. The van der Waals surface area contributed by atoms with Crippen molar-refractivity contribution in [2.45, 2.75) is 24.7 Å². The summed E-state index contributed by atoms with van der Waals surface area (Å²) < 4.78 is 35.0. The van der Waals surface area contributed by atoms with Crippen LogP contribution >= 0.6 is 0 Å². The fourth-order valence-electron chi connectivity index (χ4n) is 2.27. The summed E-state index contributed by atoms with van der Waals surface area (Å²) in [4.78, 5) is -0.102. The molecule has 0 unspecified atom stereocenters. The molecule has 0 saturated heterocycles. The molecule has 0 heterocycles. The summed E-state index contributed by atoms with van der Waals surface area (Å²) in [5.41, 5.74) is 1.07. The Morgan fingerprint density at radius 2 is 1.80 bits per heavy atom. The van der Waals surface area contributed by atoms with Crippen LogP contribution in [0.4, 0.5) is 5.69 Å². The van der Waals surface area contributed by atoms with Crippen molar-refractivity contribution in [1.29, 1.82) is 0 Å². The fourth-order valence-corrected chi connectivity index (χ4v) is 2.99. The van der Waals surface area contributed by atoms with E-state index in [1.54, 1.807) is 37.4 Å². The third-order valence-corrected chi connectivity index (χ3v) is 4.46. The van der Waals surface area contributed by atoms with Gasteiger partial charge in [-0.3, -0.25) is 0 Å². The molecular weight excluding hydrogens is 340 g/mol. The van der Waals surface area contributed by atoms with Crippen molar-refractivity contribution in [2.75, 3.05) is 19.0 Å². The molecule has 0 spiro atoms. The highest BCUT2D eigenvalue weighted by Crippen LogP contribution is 2.37. The van der Waals surface area contributed by atoms with Crippen LogP contribution in [0.5, 0.6) is 17.2 Å². The number of sulfonamides is 1. The van der Waals surface area contributed by atoms with Gasteiger partial charge in [0.2, 0.25) is 10.0 Å². The van der Waals surface area contributed by atoms with Crippen LogP contribution in [-0.4, -0.2) is 22.1 Å². The molecule has 7 heteroatoms. The Morgan fingerprint density at radius 1 is 1.16 bits per heavy atom. The standard InChI is InChI=1S/C18H23N2O4S/c1-4-5-10-20-16-11-13(2)12-17(25(19,21)22)18(16)24-15-8-6-14(23-3)7-9-15/h6-9,11-12,20H,2,4-5,10H2,1,3H3,(H2,19,21,22). The summed E-state index contributed by atoms with van der Waals surface area (Å²) in [7, 11) is -2.40. The third-order valence-electron chi connectivity index (χ3n) is 3.55. The molecule has 0 atom stereocenters. The van der Waals surface area contributed by atoms with E-state index in [0.717, 1.165) is 12.8 Å². The molecule has 0 aromatic heterocycles. The van der Waals surface area contributed by atoms with E-state index in [1.807, 2.05) is 0 Å². The van der Waals surface area contributed by atoms with Crippen molar-refractivity contribution in [3.8, 4) is 17.2 Å². The first-order chi connectivity index (χ1) is 11.8. The summed E-state index contributed by atoms with van der Waals surface area (Å²) in [6.07, 6.45) is 1.95. The van der Waals surface area contributed by atoms with Crippen LogP contribution in [0.1, 0.15) is 25.3 Å². The summed E-state index contributed by atoms with van der Waals surface area (Å²) >= 11 is 0. The average Bonchev–Trinajstić information content (AvgIpc) is 2.56. The summed E-state index contributed by atoms with van der Waals surface area (Å²) in [6.45, 7) is 6.58. The van der Waals surface area contributed by atoms with Crippen molar-refractivity contribution in [3.63, 3.8) is 0 Å². The molecule has 3 N–H and O–H groups in total. The lowest BCUT2D eigenvalue weighted by atomic mass is 10.2. The largest absolute Gasteiger partial charge is 0.497 e. The molecule has 2 aromatic rings. The van der Waals surface area contributed by atoms with Crippen LogP contribution in [0.3, 0.4) is 0 Å². The number of rotatable bonds is 8. The Kier molecular flexibility index (Phi) is 6.27. The molecule has 1 radical (unpaired) electrons. The van der Waals surface area contributed by atoms with Crippen molar-refractivity contribution in [3.05, 3.63) is 48.9 Å². The molecule has 0 aliphatic carbocycles. The van der Waals surface area contributed by atoms with Gasteiger partial charge in [0.05, 0.1) is 12.8 Å². The Balaban J connectivity index is 2.46. The van der Waals surface area contributed by atoms with Crippen LogP contribution in [-0.2, 0) is 10.0 Å². The molecule has 0 aliphatic rings. The zero-order valence-corrected chi connectivity index (χ0v) is 15.2. The summed E-state index contributed by atoms with van der Waals surface area (Å²) in [6, 6.07) is 9.99. The van der Waals surface area contributed by atoms with E-state index >= 15 is 0 Å². The van der Waals surface area contributed by atoms with Crippen molar-refractivity contribution >= 4 is 15.7 Å². The van der Waals surface area contributed by atoms with Crippen LogP contribution in [0, 0.1) is 6.92 Å². The molecule has 6 nitrogen and oxygen atoms in total. The van der Waals surface area contributed by atoms with Gasteiger partial charge in [0.1, 0.15) is 16.4 Å². The maximum absolute atomic E-state index is 12.0. The second kappa shape index (κ2) is 8.22. The monoisotopic (exact) mass is 363 g/mol. The average molecular weight is 363 g/mol. The maximum atomic E-state index is 12.0. The van der Waals surface area contributed by atoms with Gasteiger partial charge >= 0.3 is 0 Å². The van der Waals surface area contributed by atoms with Crippen LogP contribution < -0.4 is 19.9 Å². The number of benzene rings is 2. The highest BCUT2D eigenvalue weighted by Gasteiger charge is 2.20. The molecule has 25 heavy (non-hydrogen) atoms. The lowest BCUT2D eigenvalue weighted by Crippen LogP contribution is -2.15. The second-order valence-electron chi connectivity index (χ2n) is 5.57. The Labute approximate surface area is 149 Å². The smallest absolute Gasteiger partial charge is 0.241 e. The van der Waals surface area contributed by atoms with Gasteiger partial charge in [-0.25, -0.2) is 13.6 Å². The van der Waals surface area contributed by atoms with E-state index in [9.17, 15) is 8.42 Å². The van der Waals surface area contributed by atoms with E-state index < -0.39 is 10.0 Å². The highest BCUT2D eigenvalue weighted by molar-refractivity contribution is 7.89. The van der Waals surface area contributed by atoms with Gasteiger partial charge in [0.25, 0.3) is 0 Å². The Hall–Kier alpha value is -2.25. The zero-order chi connectivity index (χ0) is 18.4. The van der Waals surface area contributed by atoms with Gasteiger partial charge in [0.15, 0.2) is 5.75 Å². The summed E-state index contributed by atoms with van der Waals surface area (Å²) in [5.74, 6) is 1.31. The second-order valence-corrected chi connectivity index (χ2v) is 7.10. The zero-order valence-electron chi connectivity index (χ0n) is 14.4. The predicted octanol–water partition coefficient (Wildman–Crippen LogP) is 3.53. The van der Waals surface area contributed by atoms with Gasteiger partial charge in [0, 0.05) is 6.54 Å². The number of methoxy groups -OCH3 is 1. The van der Waals surface area contributed by atoms with Gasteiger partial charge in [-0.15, -0.1) is 0 Å². The van der Waals surface area contributed by atoms with Crippen LogP contribution in [0.2, 0.25) is 0 Å². The number of hydrogen-bond donors (Lipinski definition) is 2. The minimum absolute atomic E-state index is 0.102. The molecule has 0 amide bonds. The molecule has 0 saturated carbocycles. The Morgan fingerprint density at radius 3 is 2.36 bits per heavy atom. The number of anilines is 1. The lowest BCUT2D eigenvalue weighted by molar-refractivity contribution is 0.412. The topological polar surface area (TPSA) is 90.7 Å². The van der Waals surface area contributed by atoms with Gasteiger partial charge in [-0.05, 0) is 55.3 Å². The van der Waals surface area contributed by atoms with E-state index in [-0.39, 0.29) is 10.6 Å². The minimum Gasteiger partial charge on any atom is -0.497 e. The predicted molar refractivity (Wildman–Crippen MR) is 98.7 cm³/mol. The van der Waals surface area contributed by atoms with Gasteiger partial charge in [-0.2, -0.15) is 0 Å². The highest BCUT2D eigenvalue weighted by atomic mass is 32.2. The maximum Gasteiger partial charge on any atom is 0.241 e.